The number of benzene rings is 3. The van der Waals surface area contributed by atoms with Crippen LogP contribution in [0.2, 0.25) is 10.0 Å². The van der Waals surface area contributed by atoms with Crippen LogP contribution in [0.25, 0.3) is 21.8 Å². The average molecular weight is 468 g/mol. The summed E-state index contributed by atoms with van der Waals surface area (Å²) in [7, 11) is 0. The van der Waals surface area contributed by atoms with E-state index in [4.69, 9.17) is 23.2 Å². The number of hydrogen-bond donors (Lipinski definition) is 1. The minimum Gasteiger partial charge on any atom is -0.390 e. The zero-order valence-electron chi connectivity index (χ0n) is 18.1. The molecule has 4 aromatic rings. The standard InChI is InChI=1S/C26H27Cl2N3O/c1-18-2-6-21(7-3-18)30-12-10-29(11-13-30)16-22(32)17-31-25-8-4-19(27)14-23(25)24-15-20(28)5-9-26(24)31/h2-9,14-15,22,32H,10-13,16-17H2,1H3. The lowest BCUT2D eigenvalue weighted by Crippen LogP contribution is -2.49. The molecule has 5 rings (SSSR count). The third-order valence-corrected chi connectivity index (χ3v) is 6.89. The Morgan fingerprint density at radius 2 is 1.34 bits per heavy atom. The quantitative estimate of drug-likeness (QED) is 0.414. The van der Waals surface area contributed by atoms with Gasteiger partial charge in [0.05, 0.1) is 12.6 Å². The van der Waals surface area contributed by atoms with Crippen LogP contribution in [0.5, 0.6) is 0 Å². The van der Waals surface area contributed by atoms with Crippen LogP contribution < -0.4 is 4.90 Å². The Balaban J connectivity index is 1.29. The summed E-state index contributed by atoms with van der Waals surface area (Å²) in [5.41, 5.74) is 4.69. The Bertz CT molecular complexity index is 1180. The molecule has 0 spiro atoms. The maximum absolute atomic E-state index is 11.0. The number of aliphatic hydroxyl groups excluding tert-OH is 1. The molecule has 6 heteroatoms. The summed E-state index contributed by atoms with van der Waals surface area (Å²) in [5.74, 6) is 0. The second-order valence-corrected chi connectivity index (χ2v) is 9.58. The summed E-state index contributed by atoms with van der Waals surface area (Å²) in [6, 6.07) is 20.5. The predicted octanol–water partition coefficient (Wildman–Crippen LogP) is 5.59. The van der Waals surface area contributed by atoms with Crippen molar-refractivity contribution < 1.29 is 5.11 Å². The molecule has 1 unspecified atom stereocenters. The smallest absolute Gasteiger partial charge is 0.0845 e. The molecule has 0 bridgehead atoms. The van der Waals surface area contributed by atoms with E-state index in [9.17, 15) is 5.11 Å². The van der Waals surface area contributed by atoms with Gasteiger partial charge in [0.1, 0.15) is 0 Å². The molecule has 3 aromatic carbocycles. The number of piperazine rings is 1. The van der Waals surface area contributed by atoms with Gasteiger partial charge in [-0.15, -0.1) is 0 Å². The minimum atomic E-state index is -0.467. The minimum absolute atomic E-state index is 0.467. The van der Waals surface area contributed by atoms with Gasteiger partial charge in [0.25, 0.3) is 0 Å². The first-order valence-corrected chi connectivity index (χ1v) is 11.8. The number of fused-ring (bicyclic) bond motifs is 3. The molecule has 2 heterocycles. The molecule has 1 fully saturated rings. The summed E-state index contributed by atoms with van der Waals surface area (Å²) in [5, 5.41) is 14.5. The van der Waals surface area contributed by atoms with Crippen molar-refractivity contribution in [1.29, 1.82) is 0 Å². The fraction of sp³-hybridized carbons (Fsp3) is 0.308. The third kappa shape index (κ3) is 4.33. The topological polar surface area (TPSA) is 31.6 Å². The molecule has 32 heavy (non-hydrogen) atoms. The van der Waals surface area contributed by atoms with Crippen molar-refractivity contribution >= 4 is 50.7 Å². The molecule has 0 radical (unpaired) electrons. The lowest BCUT2D eigenvalue weighted by molar-refractivity contribution is 0.0969. The molecule has 0 amide bonds. The Hall–Kier alpha value is -2.24. The first kappa shape index (κ1) is 21.6. The Labute approximate surface area is 198 Å². The highest BCUT2D eigenvalue weighted by Crippen LogP contribution is 2.33. The van der Waals surface area contributed by atoms with E-state index in [0.717, 1.165) is 48.0 Å². The summed E-state index contributed by atoms with van der Waals surface area (Å²) < 4.78 is 2.19. The van der Waals surface area contributed by atoms with Crippen molar-refractivity contribution in [3.63, 3.8) is 0 Å². The molecular formula is C26H27Cl2N3O. The molecule has 166 valence electrons. The van der Waals surface area contributed by atoms with E-state index in [1.54, 1.807) is 0 Å². The second-order valence-electron chi connectivity index (χ2n) is 8.71. The molecule has 0 aliphatic carbocycles. The van der Waals surface area contributed by atoms with Gasteiger partial charge in [0, 0.05) is 70.3 Å². The highest BCUT2D eigenvalue weighted by molar-refractivity contribution is 6.33. The van der Waals surface area contributed by atoms with Gasteiger partial charge in [-0.25, -0.2) is 0 Å². The molecule has 1 N–H and O–H groups in total. The van der Waals surface area contributed by atoms with Gasteiger partial charge in [-0.1, -0.05) is 40.9 Å². The monoisotopic (exact) mass is 467 g/mol. The summed E-state index contributed by atoms with van der Waals surface area (Å²) in [6.45, 7) is 7.14. The second kappa shape index (κ2) is 8.95. The fourth-order valence-corrected chi connectivity index (χ4v) is 5.10. The number of aromatic nitrogens is 1. The van der Waals surface area contributed by atoms with Crippen molar-refractivity contribution in [3.8, 4) is 0 Å². The summed E-state index contributed by atoms with van der Waals surface area (Å²) in [6.07, 6.45) is -0.467. The zero-order chi connectivity index (χ0) is 22.2. The van der Waals surface area contributed by atoms with Gasteiger partial charge in [-0.3, -0.25) is 4.90 Å². The molecule has 1 aliphatic heterocycles. The average Bonchev–Trinajstić information content (AvgIpc) is 3.07. The van der Waals surface area contributed by atoms with Gasteiger partial charge in [-0.2, -0.15) is 0 Å². The largest absolute Gasteiger partial charge is 0.390 e. The number of hydrogen-bond acceptors (Lipinski definition) is 3. The Kier molecular flexibility index (Phi) is 6.04. The fourth-order valence-electron chi connectivity index (χ4n) is 4.76. The van der Waals surface area contributed by atoms with Crippen LogP contribution >= 0.6 is 23.2 Å². The first-order chi connectivity index (χ1) is 15.5. The van der Waals surface area contributed by atoms with E-state index in [2.05, 4.69) is 45.6 Å². The first-order valence-electron chi connectivity index (χ1n) is 11.1. The lowest BCUT2D eigenvalue weighted by Gasteiger charge is -2.37. The van der Waals surface area contributed by atoms with E-state index in [0.29, 0.717) is 23.1 Å². The number of aliphatic hydroxyl groups is 1. The summed E-state index contributed by atoms with van der Waals surface area (Å²) in [4.78, 5) is 4.78. The van der Waals surface area contributed by atoms with E-state index < -0.39 is 6.10 Å². The molecule has 1 aromatic heterocycles. The van der Waals surface area contributed by atoms with Crippen molar-refractivity contribution in [3.05, 3.63) is 76.3 Å². The number of rotatable bonds is 5. The van der Waals surface area contributed by atoms with Gasteiger partial charge in [0.2, 0.25) is 0 Å². The Morgan fingerprint density at radius 3 is 1.91 bits per heavy atom. The van der Waals surface area contributed by atoms with Crippen LogP contribution in [-0.4, -0.2) is 53.4 Å². The van der Waals surface area contributed by atoms with Crippen molar-refractivity contribution in [2.45, 2.75) is 19.6 Å². The number of nitrogens with zero attached hydrogens (tertiary/aromatic N) is 3. The van der Waals surface area contributed by atoms with Crippen LogP contribution in [0.4, 0.5) is 5.69 Å². The van der Waals surface area contributed by atoms with Gasteiger partial charge in [0.15, 0.2) is 0 Å². The van der Waals surface area contributed by atoms with Crippen LogP contribution in [0.1, 0.15) is 5.56 Å². The zero-order valence-corrected chi connectivity index (χ0v) is 19.7. The van der Waals surface area contributed by atoms with Crippen molar-refractivity contribution in [2.24, 2.45) is 0 Å². The maximum atomic E-state index is 11.0. The van der Waals surface area contributed by atoms with Crippen LogP contribution in [0.15, 0.2) is 60.7 Å². The van der Waals surface area contributed by atoms with Crippen LogP contribution in [0.3, 0.4) is 0 Å². The molecule has 1 saturated heterocycles. The number of anilines is 1. The van der Waals surface area contributed by atoms with E-state index in [1.165, 1.54) is 11.3 Å². The van der Waals surface area contributed by atoms with Crippen LogP contribution in [0, 0.1) is 6.92 Å². The van der Waals surface area contributed by atoms with E-state index in [-0.39, 0.29) is 0 Å². The van der Waals surface area contributed by atoms with E-state index >= 15 is 0 Å². The molecular weight excluding hydrogens is 441 g/mol. The van der Waals surface area contributed by atoms with Gasteiger partial charge < -0.3 is 14.6 Å². The van der Waals surface area contributed by atoms with Crippen LogP contribution in [-0.2, 0) is 6.54 Å². The molecule has 4 nitrogen and oxygen atoms in total. The number of β-amino-alcohol motifs (C(OH)–C–C–N with tert-alkyl or cyclic N) is 1. The molecule has 0 saturated carbocycles. The maximum Gasteiger partial charge on any atom is 0.0845 e. The predicted molar refractivity (Wildman–Crippen MR) is 135 cm³/mol. The van der Waals surface area contributed by atoms with Crippen molar-refractivity contribution in [2.75, 3.05) is 37.6 Å². The third-order valence-electron chi connectivity index (χ3n) is 6.42. The van der Waals surface area contributed by atoms with Gasteiger partial charge in [-0.05, 0) is 55.5 Å². The number of halogens is 2. The number of aryl methyl sites for hydroxylation is 1. The summed E-state index contributed by atoms with van der Waals surface area (Å²) >= 11 is 12.5. The normalized spacial score (nSPS) is 16.2. The molecule has 1 atom stereocenters. The van der Waals surface area contributed by atoms with Crippen molar-refractivity contribution in [1.82, 2.24) is 9.47 Å². The van der Waals surface area contributed by atoms with E-state index in [1.807, 2.05) is 36.4 Å². The Morgan fingerprint density at radius 1 is 0.781 bits per heavy atom. The molecule has 1 aliphatic rings. The SMILES string of the molecule is Cc1ccc(N2CCN(CC(O)Cn3c4ccc(Cl)cc4c4cc(Cl)ccc43)CC2)cc1. The van der Waals surface area contributed by atoms with Gasteiger partial charge >= 0.3 is 0 Å². The highest BCUT2D eigenvalue weighted by Gasteiger charge is 2.21. The highest BCUT2D eigenvalue weighted by atomic mass is 35.5. The lowest BCUT2D eigenvalue weighted by atomic mass is 10.1.